The van der Waals surface area contributed by atoms with Gasteiger partial charge in [0, 0.05) is 26.8 Å². The first-order chi connectivity index (χ1) is 14.7. The standard InChI is InChI=1S/C21H32N6O3/c1-16-25-26-20(27(16)2)14-24-21(22-10-4-11-30-19-9-12-29-15-19)23-13-17-5-7-18(28-3)8-6-17/h5-8,19H,4,9-15H2,1-3H3,(H2,22,23,24). The summed E-state index contributed by atoms with van der Waals surface area (Å²) in [6, 6.07) is 7.92. The maximum absolute atomic E-state index is 5.82. The number of rotatable bonds is 10. The number of hydrogen-bond donors (Lipinski definition) is 2. The van der Waals surface area contributed by atoms with Gasteiger partial charge in [0.1, 0.15) is 11.6 Å². The van der Waals surface area contributed by atoms with Crippen LogP contribution in [0, 0.1) is 6.92 Å². The van der Waals surface area contributed by atoms with E-state index in [1.54, 1.807) is 7.11 Å². The molecule has 1 unspecified atom stereocenters. The van der Waals surface area contributed by atoms with E-state index in [2.05, 4.69) is 20.8 Å². The summed E-state index contributed by atoms with van der Waals surface area (Å²) in [6.07, 6.45) is 2.12. The molecule has 164 valence electrons. The molecule has 2 heterocycles. The highest BCUT2D eigenvalue weighted by Crippen LogP contribution is 2.12. The molecular weight excluding hydrogens is 384 g/mol. The van der Waals surface area contributed by atoms with Crippen LogP contribution in [0.4, 0.5) is 0 Å². The zero-order chi connectivity index (χ0) is 21.2. The molecule has 1 aliphatic rings. The zero-order valence-electron chi connectivity index (χ0n) is 18.1. The van der Waals surface area contributed by atoms with Gasteiger partial charge < -0.3 is 29.4 Å². The lowest BCUT2D eigenvalue weighted by Crippen LogP contribution is -2.38. The molecule has 1 aromatic heterocycles. The normalized spacial score (nSPS) is 16.6. The van der Waals surface area contributed by atoms with E-state index in [1.807, 2.05) is 42.8 Å². The number of nitrogens with one attached hydrogen (secondary N) is 2. The van der Waals surface area contributed by atoms with Crippen LogP contribution in [0.15, 0.2) is 29.3 Å². The van der Waals surface area contributed by atoms with Crippen LogP contribution in [-0.2, 0) is 29.6 Å². The van der Waals surface area contributed by atoms with Gasteiger partial charge in [-0.15, -0.1) is 10.2 Å². The van der Waals surface area contributed by atoms with Gasteiger partial charge >= 0.3 is 0 Å². The van der Waals surface area contributed by atoms with E-state index in [-0.39, 0.29) is 6.10 Å². The van der Waals surface area contributed by atoms with Gasteiger partial charge in [-0.2, -0.15) is 0 Å². The Morgan fingerprint density at radius 3 is 2.77 bits per heavy atom. The fraction of sp³-hybridized carbons (Fsp3) is 0.571. The van der Waals surface area contributed by atoms with Gasteiger partial charge in [-0.1, -0.05) is 12.1 Å². The van der Waals surface area contributed by atoms with E-state index in [0.29, 0.717) is 26.3 Å². The van der Waals surface area contributed by atoms with Crippen molar-refractivity contribution in [1.82, 2.24) is 25.4 Å². The lowest BCUT2D eigenvalue weighted by Gasteiger charge is -2.14. The molecule has 0 radical (unpaired) electrons. The third-order valence-electron chi connectivity index (χ3n) is 5.03. The largest absolute Gasteiger partial charge is 0.497 e. The Hall–Kier alpha value is -2.65. The van der Waals surface area contributed by atoms with Gasteiger partial charge in [0.15, 0.2) is 11.8 Å². The van der Waals surface area contributed by atoms with Gasteiger partial charge in [-0.3, -0.25) is 0 Å². The number of aryl methyl sites for hydroxylation is 1. The quantitative estimate of drug-likeness (QED) is 0.345. The molecule has 0 aliphatic carbocycles. The van der Waals surface area contributed by atoms with E-state index in [1.165, 1.54) is 0 Å². The van der Waals surface area contributed by atoms with E-state index in [0.717, 1.165) is 54.9 Å². The minimum atomic E-state index is 0.241. The van der Waals surface area contributed by atoms with E-state index >= 15 is 0 Å². The fourth-order valence-corrected chi connectivity index (χ4v) is 3.02. The van der Waals surface area contributed by atoms with Crippen molar-refractivity contribution in [2.24, 2.45) is 12.0 Å². The molecular formula is C21H32N6O3. The summed E-state index contributed by atoms with van der Waals surface area (Å²) in [7, 11) is 3.62. The minimum Gasteiger partial charge on any atom is -0.497 e. The third kappa shape index (κ3) is 6.70. The SMILES string of the molecule is COc1ccc(CN=C(NCCCOC2CCOC2)NCc2nnc(C)n2C)cc1. The van der Waals surface area contributed by atoms with Crippen molar-refractivity contribution >= 4 is 5.96 Å². The second kappa shape index (κ2) is 11.5. The van der Waals surface area contributed by atoms with Crippen LogP contribution in [0.2, 0.25) is 0 Å². The molecule has 2 aromatic rings. The first-order valence-corrected chi connectivity index (χ1v) is 10.3. The molecule has 0 spiro atoms. The van der Waals surface area contributed by atoms with Crippen molar-refractivity contribution < 1.29 is 14.2 Å². The van der Waals surface area contributed by atoms with Crippen molar-refractivity contribution in [2.45, 2.75) is 39.0 Å². The van der Waals surface area contributed by atoms with Crippen molar-refractivity contribution in [3.8, 4) is 5.75 Å². The molecule has 0 bridgehead atoms. The number of aliphatic imine (C=N–C) groups is 1. The highest BCUT2D eigenvalue weighted by Gasteiger charge is 2.15. The monoisotopic (exact) mass is 416 g/mol. The Labute approximate surface area is 177 Å². The predicted molar refractivity (Wildman–Crippen MR) is 115 cm³/mol. The van der Waals surface area contributed by atoms with E-state index < -0.39 is 0 Å². The Morgan fingerprint density at radius 1 is 1.27 bits per heavy atom. The van der Waals surface area contributed by atoms with Gasteiger partial charge in [-0.25, -0.2) is 4.99 Å². The summed E-state index contributed by atoms with van der Waals surface area (Å²) < 4.78 is 18.3. The van der Waals surface area contributed by atoms with Crippen LogP contribution in [0.5, 0.6) is 5.75 Å². The predicted octanol–water partition coefficient (Wildman–Crippen LogP) is 1.56. The van der Waals surface area contributed by atoms with Gasteiger partial charge in [-0.05, 0) is 37.5 Å². The highest BCUT2D eigenvalue weighted by molar-refractivity contribution is 5.79. The molecule has 9 heteroatoms. The van der Waals surface area contributed by atoms with Crippen LogP contribution < -0.4 is 15.4 Å². The Bertz CT molecular complexity index is 800. The summed E-state index contributed by atoms with van der Waals surface area (Å²) in [5, 5.41) is 15.0. The third-order valence-corrected chi connectivity index (χ3v) is 5.03. The molecule has 1 atom stereocenters. The number of methoxy groups -OCH3 is 1. The first-order valence-electron chi connectivity index (χ1n) is 10.3. The molecule has 30 heavy (non-hydrogen) atoms. The summed E-state index contributed by atoms with van der Waals surface area (Å²) in [6.45, 7) is 6.02. The average molecular weight is 417 g/mol. The number of hydrogen-bond acceptors (Lipinski definition) is 6. The molecule has 9 nitrogen and oxygen atoms in total. The van der Waals surface area contributed by atoms with Crippen LogP contribution in [0.3, 0.4) is 0 Å². The number of nitrogens with zero attached hydrogens (tertiary/aromatic N) is 4. The topological polar surface area (TPSA) is 94.8 Å². The summed E-state index contributed by atoms with van der Waals surface area (Å²) in [5.41, 5.74) is 1.11. The summed E-state index contributed by atoms with van der Waals surface area (Å²) >= 11 is 0. The van der Waals surface area contributed by atoms with Crippen LogP contribution in [0.1, 0.15) is 30.1 Å². The fourth-order valence-electron chi connectivity index (χ4n) is 3.02. The smallest absolute Gasteiger partial charge is 0.191 e. The van der Waals surface area contributed by atoms with Gasteiger partial charge in [0.25, 0.3) is 0 Å². The second-order valence-electron chi connectivity index (χ2n) is 7.23. The molecule has 1 aromatic carbocycles. The molecule has 3 rings (SSSR count). The van der Waals surface area contributed by atoms with Crippen LogP contribution >= 0.6 is 0 Å². The van der Waals surface area contributed by atoms with Crippen molar-refractivity contribution in [1.29, 1.82) is 0 Å². The van der Waals surface area contributed by atoms with E-state index in [4.69, 9.17) is 19.2 Å². The first kappa shape index (κ1) is 22.0. The number of guanidine groups is 1. The lowest BCUT2D eigenvalue weighted by molar-refractivity contribution is 0.0420. The summed E-state index contributed by atoms with van der Waals surface area (Å²) in [5.74, 6) is 3.31. The Balaban J connectivity index is 1.51. The van der Waals surface area contributed by atoms with Crippen LogP contribution in [-0.4, -0.2) is 60.3 Å². The van der Waals surface area contributed by atoms with Crippen molar-refractivity contribution in [3.05, 3.63) is 41.5 Å². The van der Waals surface area contributed by atoms with Gasteiger partial charge in [0.05, 0.1) is 32.9 Å². The second-order valence-corrected chi connectivity index (χ2v) is 7.23. The molecule has 1 aliphatic heterocycles. The maximum Gasteiger partial charge on any atom is 0.191 e. The van der Waals surface area contributed by atoms with Crippen molar-refractivity contribution in [3.63, 3.8) is 0 Å². The van der Waals surface area contributed by atoms with E-state index in [9.17, 15) is 0 Å². The number of benzene rings is 1. The lowest BCUT2D eigenvalue weighted by atomic mass is 10.2. The molecule has 1 fully saturated rings. The van der Waals surface area contributed by atoms with Crippen molar-refractivity contribution in [2.75, 3.05) is 33.5 Å². The number of ether oxygens (including phenoxy) is 3. The molecule has 0 amide bonds. The Morgan fingerprint density at radius 2 is 2.10 bits per heavy atom. The van der Waals surface area contributed by atoms with Gasteiger partial charge in [0.2, 0.25) is 0 Å². The number of aromatic nitrogens is 3. The minimum absolute atomic E-state index is 0.241. The molecule has 0 saturated carbocycles. The highest BCUT2D eigenvalue weighted by atomic mass is 16.5. The Kier molecular flexibility index (Phi) is 8.46. The van der Waals surface area contributed by atoms with Crippen LogP contribution in [0.25, 0.3) is 0 Å². The molecule has 2 N–H and O–H groups in total. The zero-order valence-corrected chi connectivity index (χ0v) is 18.1. The summed E-state index contributed by atoms with van der Waals surface area (Å²) in [4.78, 5) is 4.71. The maximum atomic E-state index is 5.82. The molecule has 1 saturated heterocycles. The average Bonchev–Trinajstić information content (AvgIpc) is 3.40.